The lowest BCUT2D eigenvalue weighted by molar-refractivity contribution is 0.102. The van der Waals surface area contributed by atoms with Crippen LogP contribution in [0.25, 0.3) is 0 Å². The summed E-state index contributed by atoms with van der Waals surface area (Å²) in [7, 11) is 0. The van der Waals surface area contributed by atoms with Crippen LogP contribution < -0.4 is 15.4 Å². The van der Waals surface area contributed by atoms with Crippen LogP contribution in [0.2, 0.25) is 0 Å². The SMILES string of the molecule is N#Cc1ccc(Oc2ccc(NC(=O)c3ncoc3C3CCCN3)cc2)cc1. The van der Waals surface area contributed by atoms with Crippen LogP contribution in [0.1, 0.15) is 40.7 Å². The van der Waals surface area contributed by atoms with Crippen molar-refractivity contribution in [2.24, 2.45) is 0 Å². The third kappa shape index (κ3) is 3.87. The number of anilines is 1. The molecule has 1 unspecified atom stereocenters. The molecule has 0 spiro atoms. The summed E-state index contributed by atoms with van der Waals surface area (Å²) in [6.07, 6.45) is 3.28. The fourth-order valence-corrected chi connectivity index (χ4v) is 3.11. The third-order valence-corrected chi connectivity index (χ3v) is 4.52. The Kier molecular flexibility index (Phi) is 5.04. The van der Waals surface area contributed by atoms with Crippen LogP contribution in [0.5, 0.6) is 11.5 Å². The first kappa shape index (κ1) is 17.8. The van der Waals surface area contributed by atoms with Gasteiger partial charge in [0.2, 0.25) is 0 Å². The number of carbonyl (C=O) groups excluding carboxylic acids is 1. The van der Waals surface area contributed by atoms with Crippen LogP contribution in [-0.2, 0) is 0 Å². The molecular weight excluding hydrogens is 356 g/mol. The monoisotopic (exact) mass is 374 g/mol. The molecule has 1 aliphatic heterocycles. The molecule has 2 aromatic carbocycles. The second-order valence-electron chi connectivity index (χ2n) is 6.43. The Hall–Kier alpha value is -3.63. The fourth-order valence-electron chi connectivity index (χ4n) is 3.11. The quantitative estimate of drug-likeness (QED) is 0.700. The van der Waals surface area contributed by atoms with E-state index in [9.17, 15) is 4.79 Å². The molecule has 7 nitrogen and oxygen atoms in total. The zero-order chi connectivity index (χ0) is 19.3. The maximum atomic E-state index is 12.6. The van der Waals surface area contributed by atoms with Gasteiger partial charge in [-0.25, -0.2) is 4.98 Å². The molecular formula is C21H18N4O3. The van der Waals surface area contributed by atoms with E-state index in [2.05, 4.69) is 21.7 Å². The van der Waals surface area contributed by atoms with Gasteiger partial charge in [0.1, 0.15) is 11.5 Å². The molecule has 2 N–H and O–H groups in total. The van der Waals surface area contributed by atoms with Crippen LogP contribution in [0.3, 0.4) is 0 Å². The molecule has 4 rings (SSSR count). The van der Waals surface area contributed by atoms with Crippen molar-refractivity contribution in [2.75, 3.05) is 11.9 Å². The predicted molar refractivity (Wildman–Crippen MR) is 102 cm³/mol. The number of hydrogen-bond donors (Lipinski definition) is 2. The molecule has 0 bridgehead atoms. The van der Waals surface area contributed by atoms with E-state index in [4.69, 9.17) is 14.4 Å². The Morgan fingerprint density at radius 3 is 2.54 bits per heavy atom. The summed E-state index contributed by atoms with van der Waals surface area (Å²) in [4.78, 5) is 16.6. The van der Waals surface area contributed by atoms with E-state index >= 15 is 0 Å². The summed E-state index contributed by atoms with van der Waals surface area (Å²) in [5, 5.41) is 15.0. The van der Waals surface area contributed by atoms with Crippen molar-refractivity contribution in [1.29, 1.82) is 5.26 Å². The van der Waals surface area contributed by atoms with Crippen molar-refractivity contribution < 1.29 is 13.9 Å². The minimum Gasteiger partial charge on any atom is -0.457 e. The van der Waals surface area contributed by atoms with Gasteiger partial charge >= 0.3 is 0 Å². The number of hydrogen-bond acceptors (Lipinski definition) is 6. The van der Waals surface area contributed by atoms with Gasteiger partial charge in [0.25, 0.3) is 5.91 Å². The molecule has 1 aromatic heterocycles. The molecule has 0 aliphatic carbocycles. The third-order valence-electron chi connectivity index (χ3n) is 4.52. The number of nitriles is 1. The lowest BCUT2D eigenvalue weighted by Crippen LogP contribution is -2.19. The highest BCUT2D eigenvalue weighted by Crippen LogP contribution is 2.27. The van der Waals surface area contributed by atoms with Crippen LogP contribution in [0.15, 0.2) is 59.3 Å². The summed E-state index contributed by atoms with van der Waals surface area (Å²) in [6, 6.07) is 16.0. The molecule has 1 fully saturated rings. The van der Waals surface area contributed by atoms with E-state index in [1.807, 2.05) is 0 Å². The van der Waals surface area contributed by atoms with Crippen molar-refractivity contribution in [2.45, 2.75) is 18.9 Å². The summed E-state index contributed by atoms with van der Waals surface area (Å²) < 4.78 is 11.2. The maximum absolute atomic E-state index is 12.6. The van der Waals surface area contributed by atoms with E-state index in [0.717, 1.165) is 19.4 Å². The topological polar surface area (TPSA) is 100 Å². The first-order valence-electron chi connectivity index (χ1n) is 8.99. The minimum atomic E-state index is -0.307. The predicted octanol–water partition coefficient (Wildman–Crippen LogP) is 4.02. The van der Waals surface area contributed by atoms with E-state index in [1.54, 1.807) is 48.5 Å². The average Bonchev–Trinajstić information content (AvgIpc) is 3.41. The highest BCUT2D eigenvalue weighted by molar-refractivity contribution is 6.03. The number of rotatable bonds is 5. The number of nitrogens with one attached hydrogen (secondary N) is 2. The standard InChI is InChI=1S/C21H18N4O3/c22-12-14-3-7-16(8-4-14)28-17-9-5-15(6-10-17)25-21(26)19-20(27-13-24-19)18-2-1-11-23-18/h3-10,13,18,23H,1-2,11H2,(H,25,26). The molecule has 1 aliphatic rings. The summed E-state index contributed by atoms with van der Waals surface area (Å²) in [5.74, 6) is 1.53. The zero-order valence-electron chi connectivity index (χ0n) is 15.0. The van der Waals surface area contributed by atoms with Gasteiger partial charge in [-0.15, -0.1) is 0 Å². The normalized spacial score (nSPS) is 15.8. The number of ether oxygens (including phenoxy) is 1. The summed E-state index contributed by atoms with van der Waals surface area (Å²) >= 11 is 0. The van der Waals surface area contributed by atoms with Gasteiger partial charge in [-0.05, 0) is 67.9 Å². The lowest BCUT2D eigenvalue weighted by atomic mass is 10.1. The molecule has 1 saturated heterocycles. The highest BCUT2D eigenvalue weighted by atomic mass is 16.5. The number of carbonyl (C=O) groups is 1. The second kappa shape index (κ2) is 7.94. The molecule has 28 heavy (non-hydrogen) atoms. The first-order valence-corrected chi connectivity index (χ1v) is 8.99. The van der Waals surface area contributed by atoms with Gasteiger partial charge in [0, 0.05) is 5.69 Å². The molecule has 3 aromatic rings. The van der Waals surface area contributed by atoms with Gasteiger partial charge in [0.05, 0.1) is 17.7 Å². The average molecular weight is 374 g/mol. The van der Waals surface area contributed by atoms with Gasteiger partial charge in [-0.3, -0.25) is 4.79 Å². The molecule has 1 atom stereocenters. The van der Waals surface area contributed by atoms with Crippen molar-refractivity contribution in [3.63, 3.8) is 0 Å². The van der Waals surface area contributed by atoms with Gasteiger partial charge in [-0.2, -0.15) is 5.26 Å². The van der Waals surface area contributed by atoms with Gasteiger partial charge < -0.3 is 19.8 Å². The smallest absolute Gasteiger partial charge is 0.277 e. The van der Waals surface area contributed by atoms with Crippen molar-refractivity contribution in [3.05, 3.63) is 71.9 Å². The largest absolute Gasteiger partial charge is 0.457 e. The lowest BCUT2D eigenvalue weighted by Gasteiger charge is -2.10. The minimum absolute atomic E-state index is 0.0337. The summed E-state index contributed by atoms with van der Waals surface area (Å²) in [5.41, 5.74) is 1.51. The molecule has 1 amide bonds. The molecule has 2 heterocycles. The Morgan fingerprint density at radius 2 is 1.89 bits per heavy atom. The zero-order valence-corrected chi connectivity index (χ0v) is 15.0. The van der Waals surface area contributed by atoms with E-state index < -0.39 is 0 Å². The van der Waals surface area contributed by atoms with E-state index in [1.165, 1.54) is 6.39 Å². The summed E-state index contributed by atoms with van der Waals surface area (Å²) in [6.45, 7) is 0.910. The number of benzene rings is 2. The maximum Gasteiger partial charge on any atom is 0.277 e. The molecule has 0 radical (unpaired) electrons. The molecule has 7 heteroatoms. The Balaban J connectivity index is 1.41. The first-order chi connectivity index (χ1) is 13.7. The molecule has 0 saturated carbocycles. The second-order valence-corrected chi connectivity index (χ2v) is 6.43. The Bertz CT molecular complexity index is 997. The van der Waals surface area contributed by atoms with E-state index in [0.29, 0.717) is 34.2 Å². The fraction of sp³-hybridized carbons (Fsp3) is 0.190. The van der Waals surface area contributed by atoms with Gasteiger partial charge in [0.15, 0.2) is 17.8 Å². The molecule has 140 valence electrons. The number of oxazole rings is 1. The highest BCUT2D eigenvalue weighted by Gasteiger charge is 2.26. The van der Waals surface area contributed by atoms with Crippen LogP contribution >= 0.6 is 0 Å². The van der Waals surface area contributed by atoms with Crippen LogP contribution in [0.4, 0.5) is 5.69 Å². The van der Waals surface area contributed by atoms with Crippen LogP contribution in [-0.4, -0.2) is 17.4 Å². The van der Waals surface area contributed by atoms with Crippen LogP contribution in [0, 0.1) is 11.3 Å². The number of aromatic nitrogens is 1. The number of amides is 1. The van der Waals surface area contributed by atoms with Gasteiger partial charge in [-0.1, -0.05) is 0 Å². The Morgan fingerprint density at radius 1 is 1.18 bits per heavy atom. The van der Waals surface area contributed by atoms with E-state index in [-0.39, 0.29) is 11.9 Å². The van der Waals surface area contributed by atoms with Crippen molar-refractivity contribution in [1.82, 2.24) is 10.3 Å². The Labute approximate surface area is 162 Å². The van der Waals surface area contributed by atoms with Crippen molar-refractivity contribution >= 4 is 11.6 Å². The van der Waals surface area contributed by atoms with Crippen molar-refractivity contribution in [3.8, 4) is 17.6 Å². The number of nitrogens with zero attached hydrogens (tertiary/aromatic N) is 2.